The maximum atomic E-state index is 12.8. The zero-order chi connectivity index (χ0) is 16.9. The lowest BCUT2D eigenvalue weighted by Crippen LogP contribution is -2.44. The third-order valence-corrected chi connectivity index (χ3v) is 6.03. The first kappa shape index (κ1) is 17.6. The van der Waals surface area contributed by atoms with Gasteiger partial charge in [0.15, 0.2) is 0 Å². The number of carbonyl (C=O) groups is 1. The van der Waals surface area contributed by atoms with Crippen molar-refractivity contribution >= 4 is 23.7 Å². The lowest BCUT2D eigenvalue weighted by Gasteiger charge is -2.29. The molecule has 2 fully saturated rings. The summed E-state index contributed by atoms with van der Waals surface area (Å²) in [6.45, 7) is 5.76. The molecule has 2 aliphatic rings. The minimum atomic E-state index is 0.123. The van der Waals surface area contributed by atoms with Crippen LogP contribution in [0.1, 0.15) is 36.0 Å². The fraction of sp³-hybridized carbons (Fsp3) is 0.550. The Bertz CT molecular complexity index is 602. The summed E-state index contributed by atoms with van der Waals surface area (Å²) in [6, 6.07) is 6.69. The van der Waals surface area contributed by atoms with Crippen molar-refractivity contribution in [1.82, 2.24) is 4.90 Å². The van der Waals surface area contributed by atoms with Crippen LogP contribution >= 0.6 is 11.8 Å². The van der Waals surface area contributed by atoms with Gasteiger partial charge in [0, 0.05) is 31.0 Å². The van der Waals surface area contributed by atoms with Crippen molar-refractivity contribution in [1.29, 1.82) is 0 Å². The van der Waals surface area contributed by atoms with Gasteiger partial charge >= 0.3 is 0 Å². The molecule has 24 heavy (non-hydrogen) atoms. The highest BCUT2D eigenvalue weighted by Gasteiger charge is 2.29. The molecular formula is C20H27NO2S. The predicted octanol–water partition coefficient (Wildman–Crippen LogP) is 3.83. The van der Waals surface area contributed by atoms with Crippen LogP contribution in [-0.2, 0) is 9.53 Å². The van der Waals surface area contributed by atoms with E-state index >= 15 is 0 Å². The second kappa shape index (κ2) is 8.21. The molecular weight excluding hydrogens is 318 g/mol. The van der Waals surface area contributed by atoms with Crippen LogP contribution in [0, 0.1) is 13.8 Å². The van der Waals surface area contributed by atoms with Crippen LogP contribution in [-0.4, -0.2) is 47.6 Å². The lowest BCUT2D eigenvalue weighted by atomic mass is 10.1. The molecule has 0 aromatic heterocycles. The highest BCUT2D eigenvalue weighted by molar-refractivity contribution is 7.99. The number of nitrogens with zero attached hydrogens (tertiary/aromatic N) is 1. The summed E-state index contributed by atoms with van der Waals surface area (Å²) in [5.74, 6) is 2.33. The van der Waals surface area contributed by atoms with Crippen molar-refractivity contribution < 1.29 is 9.53 Å². The van der Waals surface area contributed by atoms with Crippen molar-refractivity contribution in [2.75, 3.05) is 24.7 Å². The Labute approximate surface area is 149 Å². The number of benzene rings is 1. The van der Waals surface area contributed by atoms with Gasteiger partial charge in [-0.3, -0.25) is 4.79 Å². The molecule has 0 N–H and O–H groups in total. The summed E-state index contributed by atoms with van der Waals surface area (Å²) in [6.07, 6.45) is 7.21. The molecule has 130 valence electrons. The number of amides is 1. The largest absolute Gasteiger partial charge is 0.376 e. The first-order valence-electron chi connectivity index (χ1n) is 8.89. The SMILES string of the molecule is Cc1ccc(C=CC(=O)N(CC2CCCO2)C2CCSC2)c(C)c1. The van der Waals surface area contributed by atoms with Crippen molar-refractivity contribution in [3.05, 3.63) is 41.0 Å². The summed E-state index contributed by atoms with van der Waals surface area (Å²) in [4.78, 5) is 14.9. The zero-order valence-electron chi connectivity index (χ0n) is 14.7. The van der Waals surface area contributed by atoms with E-state index in [2.05, 4.69) is 36.9 Å². The summed E-state index contributed by atoms with van der Waals surface area (Å²) >= 11 is 1.95. The highest BCUT2D eigenvalue weighted by atomic mass is 32.2. The van der Waals surface area contributed by atoms with Gasteiger partial charge in [-0.05, 0) is 56.1 Å². The van der Waals surface area contributed by atoms with Gasteiger partial charge in [0.2, 0.25) is 5.91 Å². The Balaban J connectivity index is 1.70. The molecule has 2 heterocycles. The summed E-state index contributed by atoms with van der Waals surface area (Å²) in [5, 5.41) is 0. The number of hydrogen-bond donors (Lipinski definition) is 0. The predicted molar refractivity (Wildman–Crippen MR) is 101 cm³/mol. The number of aryl methyl sites for hydroxylation is 2. The maximum Gasteiger partial charge on any atom is 0.246 e. The van der Waals surface area contributed by atoms with Gasteiger partial charge in [0.1, 0.15) is 0 Å². The van der Waals surface area contributed by atoms with Gasteiger partial charge in [-0.1, -0.05) is 23.8 Å². The molecule has 1 aromatic carbocycles. The summed E-state index contributed by atoms with van der Waals surface area (Å²) in [7, 11) is 0. The van der Waals surface area contributed by atoms with Crippen LogP contribution in [0.3, 0.4) is 0 Å². The molecule has 1 aromatic rings. The Kier molecular flexibility index (Phi) is 6.01. The molecule has 2 atom stereocenters. The van der Waals surface area contributed by atoms with Crippen molar-refractivity contribution in [2.45, 2.75) is 45.3 Å². The molecule has 2 saturated heterocycles. The molecule has 0 spiro atoms. The van der Waals surface area contributed by atoms with Gasteiger partial charge in [0.25, 0.3) is 0 Å². The second-order valence-electron chi connectivity index (χ2n) is 6.84. The molecule has 0 bridgehead atoms. The van der Waals surface area contributed by atoms with E-state index in [1.807, 2.05) is 17.8 Å². The first-order chi connectivity index (χ1) is 11.6. The number of rotatable bonds is 5. The van der Waals surface area contributed by atoms with Crippen LogP contribution < -0.4 is 0 Å². The van der Waals surface area contributed by atoms with Crippen LogP contribution in [0.5, 0.6) is 0 Å². The molecule has 0 saturated carbocycles. The number of carbonyl (C=O) groups excluding carboxylic acids is 1. The summed E-state index contributed by atoms with van der Waals surface area (Å²) in [5.41, 5.74) is 3.58. The van der Waals surface area contributed by atoms with Crippen molar-refractivity contribution in [2.24, 2.45) is 0 Å². The minimum absolute atomic E-state index is 0.123. The molecule has 4 heteroatoms. The van der Waals surface area contributed by atoms with Gasteiger partial charge in [-0.15, -0.1) is 0 Å². The Morgan fingerprint density at radius 1 is 1.38 bits per heavy atom. The van der Waals surface area contributed by atoms with Crippen molar-refractivity contribution in [3.8, 4) is 0 Å². The van der Waals surface area contributed by atoms with Gasteiger partial charge in [-0.2, -0.15) is 11.8 Å². The van der Waals surface area contributed by atoms with E-state index in [-0.39, 0.29) is 12.0 Å². The summed E-state index contributed by atoms with van der Waals surface area (Å²) < 4.78 is 5.76. The van der Waals surface area contributed by atoms with E-state index in [4.69, 9.17) is 4.74 Å². The molecule has 0 radical (unpaired) electrons. The zero-order valence-corrected chi connectivity index (χ0v) is 15.5. The highest BCUT2D eigenvalue weighted by Crippen LogP contribution is 2.25. The smallest absolute Gasteiger partial charge is 0.246 e. The van der Waals surface area contributed by atoms with E-state index in [1.165, 1.54) is 11.1 Å². The number of ether oxygens (including phenoxy) is 1. The van der Waals surface area contributed by atoms with E-state index < -0.39 is 0 Å². The van der Waals surface area contributed by atoms with Gasteiger partial charge < -0.3 is 9.64 Å². The first-order valence-corrected chi connectivity index (χ1v) is 10.0. The molecule has 2 unspecified atom stereocenters. The molecule has 0 aliphatic carbocycles. The molecule has 3 rings (SSSR count). The van der Waals surface area contributed by atoms with E-state index in [0.29, 0.717) is 6.04 Å². The van der Waals surface area contributed by atoms with E-state index in [9.17, 15) is 4.79 Å². The van der Waals surface area contributed by atoms with E-state index in [0.717, 1.165) is 49.5 Å². The van der Waals surface area contributed by atoms with Crippen LogP contribution in [0.15, 0.2) is 24.3 Å². The van der Waals surface area contributed by atoms with Gasteiger partial charge in [-0.25, -0.2) is 0 Å². The monoisotopic (exact) mass is 345 g/mol. The third kappa shape index (κ3) is 4.42. The molecule has 3 nitrogen and oxygen atoms in total. The van der Waals surface area contributed by atoms with Crippen LogP contribution in [0.4, 0.5) is 0 Å². The Hall–Kier alpha value is -1.26. The molecule has 1 amide bonds. The van der Waals surface area contributed by atoms with Crippen molar-refractivity contribution in [3.63, 3.8) is 0 Å². The fourth-order valence-corrected chi connectivity index (χ4v) is 4.69. The van der Waals surface area contributed by atoms with Crippen LogP contribution in [0.2, 0.25) is 0 Å². The average molecular weight is 346 g/mol. The third-order valence-electron chi connectivity index (χ3n) is 4.88. The Morgan fingerprint density at radius 3 is 2.92 bits per heavy atom. The normalized spacial score (nSPS) is 23.9. The standard InChI is InChI=1S/C20H27NO2S/c1-15-5-6-17(16(2)12-15)7-8-20(22)21(18-9-11-24-14-18)13-19-4-3-10-23-19/h5-8,12,18-19H,3-4,9-11,13-14H2,1-2H3. The van der Waals surface area contributed by atoms with Crippen LogP contribution in [0.25, 0.3) is 6.08 Å². The topological polar surface area (TPSA) is 29.5 Å². The second-order valence-corrected chi connectivity index (χ2v) is 7.99. The lowest BCUT2D eigenvalue weighted by molar-refractivity contribution is -0.129. The Morgan fingerprint density at radius 2 is 2.25 bits per heavy atom. The number of thioether (sulfide) groups is 1. The molecule has 2 aliphatic heterocycles. The van der Waals surface area contributed by atoms with E-state index in [1.54, 1.807) is 6.08 Å². The quantitative estimate of drug-likeness (QED) is 0.760. The fourth-order valence-electron chi connectivity index (χ4n) is 3.46. The van der Waals surface area contributed by atoms with Gasteiger partial charge in [0.05, 0.1) is 6.10 Å². The number of hydrogen-bond acceptors (Lipinski definition) is 3. The minimum Gasteiger partial charge on any atom is -0.376 e. The average Bonchev–Trinajstić information content (AvgIpc) is 3.25. The maximum absolute atomic E-state index is 12.8.